The van der Waals surface area contributed by atoms with Crippen molar-refractivity contribution in [1.82, 2.24) is 4.90 Å². The van der Waals surface area contributed by atoms with Gasteiger partial charge in [-0.3, -0.25) is 4.79 Å². The molecule has 22 heavy (non-hydrogen) atoms. The standard InChI is InChI=1S/C17H23NO3S/c1-3-5-9-14(4-2)17(19)18-12-16(13-18)22(20,21)15-10-7-6-8-11-15/h3,5-8,10-11,14,16H,4,9,12-13H2,1-2H3/b5-3+. The van der Waals surface area contributed by atoms with Gasteiger partial charge in [0.15, 0.2) is 9.84 Å². The largest absolute Gasteiger partial charge is 0.340 e. The van der Waals surface area contributed by atoms with Crippen molar-refractivity contribution in [2.24, 2.45) is 5.92 Å². The van der Waals surface area contributed by atoms with E-state index in [1.807, 2.05) is 26.0 Å². The first-order chi connectivity index (χ1) is 10.5. The summed E-state index contributed by atoms with van der Waals surface area (Å²) in [7, 11) is -3.33. The van der Waals surface area contributed by atoms with Crippen LogP contribution in [-0.2, 0) is 14.6 Å². The van der Waals surface area contributed by atoms with E-state index in [0.717, 1.165) is 12.8 Å². The highest BCUT2D eigenvalue weighted by atomic mass is 32.2. The Morgan fingerprint density at radius 3 is 2.50 bits per heavy atom. The molecule has 4 nitrogen and oxygen atoms in total. The molecule has 1 atom stereocenters. The van der Waals surface area contributed by atoms with Gasteiger partial charge in [0, 0.05) is 19.0 Å². The minimum absolute atomic E-state index is 0.0448. The van der Waals surface area contributed by atoms with Gasteiger partial charge >= 0.3 is 0 Å². The van der Waals surface area contributed by atoms with E-state index in [1.54, 1.807) is 35.2 Å². The van der Waals surface area contributed by atoms with E-state index < -0.39 is 15.1 Å². The van der Waals surface area contributed by atoms with Crippen LogP contribution >= 0.6 is 0 Å². The Hall–Kier alpha value is -1.62. The van der Waals surface area contributed by atoms with Crippen molar-refractivity contribution < 1.29 is 13.2 Å². The van der Waals surface area contributed by atoms with Gasteiger partial charge in [0.25, 0.3) is 0 Å². The van der Waals surface area contributed by atoms with Gasteiger partial charge in [-0.05, 0) is 31.9 Å². The summed E-state index contributed by atoms with van der Waals surface area (Å²) < 4.78 is 24.9. The first-order valence-corrected chi connectivity index (χ1v) is 9.24. The predicted molar refractivity (Wildman–Crippen MR) is 87.2 cm³/mol. The number of carbonyl (C=O) groups is 1. The van der Waals surface area contributed by atoms with Crippen LogP contribution in [0.4, 0.5) is 0 Å². The molecular weight excluding hydrogens is 298 g/mol. The van der Waals surface area contributed by atoms with Crippen molar-refractivity contribution in [3.63, 3.8) is 0 Å². The second-order valence-corrected chi connectivity index (χ2v) is 7.86. The Morgan fingerprint density at radius 1 is 1.32 bits per heavy atom. The number of sulfone groups is 1. The van der Waals surface area contributed by atoms with Crippen LogP contribution < -0.4 is 0 Å². The van der Waals surface area contributed by atoms with Crippen LogP contribution in [0.5, 0.6) is 0 Å². The molecule has 0 N–H and O–H groups in total. The van der Waals surface area contributed by atoms with Gasteiger partial charge in [-0.2, -0.15) is 0 Å². The number of allylic oxidation sites excluding steroid dienone is 2. The first kappa shape index (κ1) is 16.7. The highest BCUT2D eigenvalue weighted by Gasteiger charge is 2.41. The summed E-state index contributed by atoms with van der Waals surface area (Å²) in [5.41, 5.74) is 0. The Bertz CT molecular complexity index is 631. The Morgan fingerprint density at radius 2 is 1.95 bits per heavy atom. The van der Waals surface area contributed by atoms with Crippen molar-refractivity contribution in [2.45, 2.75) is 36.8 Å². The van der Waals surface area contributed by atoms with E-state index in [2.05, 4.69) is 0 Å². The number of hydrogen-bond donors (Lipinski definition) is 0. The Kier molecular flexibility index (Phi) is 5.40. The molecule has 0 aromatic heterocycles. The lowest BCUT2D eigenvalue weighted by Gasteiger charge is -2.40. The maximum atomic E-state index is 12.4. The second-order valence-electron chi connectivity index (χ2n) is 5.63. The summed E-state index contributed by atoms with van der Waals surface area (Å²) in [5.74, 6) is 0.0247. The smallest absolute Gasteiger partial charge is 0.226 e. The fourth-order valence-corrected chi connectivity index (χ4v) is 4.29. The van der Waals surface area contributed by atoms with Gasteiger partial charge < -0.3 is 4.90 Å². The van der Waals surface area contributed by atoms with Gasteiger partial charge in [0.2, 0.25) is 5.91 Å². The molecule has 1 aromatic carbocycles. The fraction of sp³-hybridized carbons (Fsp3) is 0.471. The van der Waals surface area contributed by atoms with Gasteiger partial charge in [-0.1, -0.05) is 37.3 Å². The zero-order chi connectivity index (χ0) is 16.2. The number of amides is 1. The summed E-state index contributed by atoms with van der Waals surface area (Å²) >= 11 is 0. The number of hydrogen-bond acceptors (Lipinski definition) is 3. The van der Waals surface area contributed by atoms with Crippen molar-refractivity contribution in [2.75, 3.05) is 13.1 Å². The van der Waals surface area contributed by atoms with E-state index in [9.17, 15) is 13.2 Å². The van der Waals surface area contributed by atoms with Crippen LogP contribution in [0.3, 0.4) is 0 Å². The number of benzene rings is 1. The molecule has 0 saturated carbocycles. The lowest BCUT2D eigenvalue weighted by atomic mass is 9.98. The molecule has 0 radical (unpaired) electrons. The fourth-order valence-electron chi connectivity index (χ4n) is 2.62. The summed E-state index contributed by atoms with van der Waals surface area (Å²) in [4.78, 5) is 14.4. The number of rotatable bonds is 6. The average molecular weight is 321 g/mol. The van der Waals surface area contributed by atoms with Crippen LogP contribution in [0.15, 0.2) is 47.4 Å². The van der Waals surface area contributed by atoms with Crippen LogP contribution in [0.1, 0.15) is 26.7 Å². The molecule has 0 aliphatic carbocycles. The van der Waals surface area contributed by atoms with Gasteiger partial charge in [0.1, 0.15) is 5.25 Å². The Labute approximate surface area is 132 Å². The lowest BCUT2D eigenvalue weighted by Crippen LogP contribution is -2.58. The van der Waals surface area contributed by atoms with E-state index >= 15 is 0 Å². The molecule has 1 amide bonds. The summed E-state index contributed by atoms with van der Waals surface area (Å²) in [6.07, 6.45) is 5.42. The second kappa shape index (κ2) is 7.09. The van der Waals surface area contributed by atoms with E-state index in [-0.39, 0.29) is 11.8 Å². The molecule has 1 heterocycles. The normalized spacial score (nSPS) is 17.5. The van der Waals surface area contributed by atoms with Gasteiger partial charge in [-0.15, -0.1) is 0 Å². The molecule has 1 aliphatic heterocycles. The van der Waals surface area contributed by atoms with Crippen molar-refractivity contribution in [1.29, 1.82) is 0 Å². The quantitative estimate of drug-likeness (QED) is 0.757. The van der Waals surface area contributed by atoms with Crippen molar-refractivity contribution in [3.8, 4) is 0 Å². The predicted octanol–water partition coefficient (Wildman–Crippen LogP) is 2.66. The molecular formula is C17H23NO3S. The van der Waals surface area contributed by atoms with Gasteiger partial charge in [-0.25, -0.2) is 8.42 Å². The maximum Gasteiger partial charge on any atom is 0.226 e. The van der Waals surface area contributed by atoms with Crippen LogP contribution in [0.2, 0.25) is 0 Å². The average Bonchev–Trinajstić information content (AvgIpc) is 2.47. The van der Waals surface area contributed by atoms with Gasteiger partial charge in [0.05, 0.1) is 4.90 Å². The third kappa shape index (κ3) is 3.40. The van der Waals surface area contributed by atoms with Crippen LogP contribution in [0, 0.1) is 5.92 Å². The molecule has 1 aromatic rings. The molecule has 1 saturated heterocycles. The zero-order valence-electron chi connectivity index (χ0n) is 13.1. The van der Waals surface area contributed by atoms with E-state index in [4.69, 9.17) is 0 Å². The van der Waals surface area contributed by atoms with Crippen LogP contribution in [0.25, 0.3) is 0 Å². The molecule has 0 bridgehead atoms. The molecule has 120 valence electrons. The van der Waals surface area contributed by atoms with Crippen molar-refractivity contribution >= 4 is 15.7 Å². The Balaban J connectivity index is 1.98. The molecule has 1 aliphatic rings. The maximum absolute atomic E-state index is 12.4. The molecule has 1 unspecified atom stereocenters. The summed E-state index contributed by atoms with van der Waals surface area (Å²) in [5, 5.41) is -0.474. The monoisotopic (exact) mass is 321 g/mol. The van der Waals surface area contributed by atoms with Crippen LogP contribution in [-0.4, -0.2) is 37.6 Å². The number of carbonyl (C=O) groups excluding carboxylic acids is 1. The SMILES string of the molecule is C/C=C/CC(CC)C(=O)N1CC(S(=O)(=O)c2ccccc2)C1. The number of likely N-dealkylation sites (tertiary alicyclic amines) is 1. The highest BCUT2D eigenvalue weighted by molar-refractivity contribution is 7.92. The van der Waals surface area contributed by atoms with E-state index in [0.29, 0.717) is 18.0 Å². The van der Waals surface area contributed by atoms with Crippen molar-refractivity contribution in [3.05, 3.63) is 42.5 Å². The third-order valence-electron chi connectivity index (χ3n) is 4.17. The summed E-state index contributed by atoms with van der Waals surface area (Å²) in [6.45, 7) is 4.54. The molecule has 2 rings (SSSR count). The zero-order valence-corrected chi connectivity index (χ0v) is 13.9. The summed E-state index contributed by atoms with van der Waals surface area (Å²) in [6, 6.07) is 8.46. The molecule has 5 heteroatoms. The molecule has 0 spiro atoms. The highest BCUT2D eigenvalue weighted by Crippen LogP contribution is 2.26. The third-order valence-corrected chi connectivity index (χ3v) is 6.27. The number of nitrogens with zero attached hydrogens (tertiary/aromatic N) is 1. The molecule has 1 fully saturated rings. The topological polar surface area (TPSA) is 54.5 Å². The lowest BCUT2D eigenvalue weighted by molar-refractivity contribution is -0.138. The minimum Gasteiger partial charge on any atom is -0.340 e. The first-order valence-electron chi connectivity index (χ1n) is 7.69. The minimum atomic E-state index is -3.33. The van der Waals surface area contributed by atoms with E-state index in [1.165, 1.54) is 0 Å².